The van der Waals surface area contributed by atoms with Crippen LogP contribution in [0.2, 0.25) is 0 Å². The summed E-state index contributed by atoms with van der Waals surface area (Å²) in [6, 6.07) is 11.7. The van der Waals surface area contributed by atoms with E-state index in [-0.39, 0.29) is 18.2 Å². The monoisotopic (exact) mass is 430 g/mol. The van der Waals surface area contributed by atoms with E-state index < -0.39 is 6.04 Å². The average Bonchev–Trinajstić information content (AvgIpc) is 3.23. The van der Waals surface area contributed by atoms with Gasteiger partial charge < -0.3 is 10.4 Å². The van der Waals surface area contributed by atoms with Crippen molar-refractivity contribution in [3.63, 3.8) is 0 Å². The molecule has 30 heavy (non-hydrogen) atoms. The molecule has 1 aromatic heterocycles. The number of nitrogens with zero attached hydrogens (tertiary/aromatic N) is 3. The number of amides is 1. The summed E-state index contributed by atoms with van der Waals surface area (Å²) < 4.78 is 21.8. The fraction of sp³-hybridized carbons (Fsp3) is 0.333. The molecule has 9 heteroatoms. The Morgan fingerprint density at radius 2 is 1.80 bits per heavy atom. The zero-order valence-corrected chi connectivity index (χ0v) is 17.1. The molecule has 1 aliphatic heterocycles. The van der Waals surface area contributed by atoms with Gasteiger partial charge in [-0.15, -0.1) is 0 Å². The summed E-state index contributed by atoms with van der Waals surface area (Å²) in [5.74, 6) is -0.346. The van der Waals surface area contributed by atoms with E-state index in [9.17, 15) is 9.18 Å². The van der Waals surface area contributed by atoms with Crippen molar-refractivity contribution < 1.29 is 19.1 Å². The van der Waals surface area contributed by atoms with Crippen LogP contribution in [0.15, 0.2) is 42.5 Å². The van der Waals surface area contributed by atoms with E-state index in [1.54, 1.807) is 12.1 Å². The van der Waals surface area contributed by atoms with E-state index >= 15 is 0 Å². The number of benzene rings is 2. The Balaban J connectivity index is 0.000000806. The second kappa shape index (κ2) is 10.7. The lowest BCUT2D eigenvalue weighted by atomic mass is 10.0. The van der Waals surface area contributed by atoms with Crippen LogP contribution < -0.4 is 5.32 Å². The molecule has 2 heterocycles. The van der Waals surface area contributed by atoms with Crippen molar-refractivity contribution in [3.8, 4) is 0 Å². The molecule has 0 aliphatic carbocycles. The van der Waals surface area contributed by atoms with Crippen LogP contribution in [0.4, 0.5) is 4.39 Å². The van der Waals surface area contributed by atoms with Crippen molar-refractivity contribution in [1.29, 1.82) is 0 Å². The van der Waals surface area contributed by atoms with Crippen LogP contribution in [0, 0.1) is 5.82 Å². The van der Waals surface area contributed by atoms with E-state index in [0.29, 0.717) is 6.54 Å². The van der Waals surface area contributed by atoms with Crippen LogP contribution in [-0.4, -0.2) is 44.2 Å². The maximum Gasteiger partial charge on any atom is 0.290 e. The number of carboxylic acid groups (broad SMARTS) is 1. The van der Waals surface area contributed by atoms with Gasteiger partial charge in [0.15, 0.2) is 0 Å². The molecular formula is C21H23FN4O3S. The number of rotatable bonds is 5. The number of nitrogens with one attached hydrogen (secondary N) is 1. The third-order valence-electron chi connectivity index (χ3n) is 4.97. The third kappa shape index (κ3) is 5.58. The highest BCUT2D eigenvalue weighted by Gasteiger charge is 2.28. The number of carbonyl (C=O) groups excluding carboxylic acids is 1. The lowest BCUT2D eigenvalue weighted by molar-refractivity contribution is -0.127. The Morgan fingerprint density at radius 1 is 1.13 bits per heavy atom. The van der Waals surface area contributed by atoms with E-state index in [1.165, 1.54) is 30.3 Å². The molecule has 3 aromatic rings. The smallest absolute Gasteiger partial charge is 0.290 e. The molecule has 0 spiro atoms. The SMILES string of the molecule is O=C(NCc1ccc2nsnc2c1)C(c1ccc(F)cc1)N1CCCCC1.O=CO. The molecule has 0 saturated carbocycles. The number of likely N-dealkylation sites (tertiary alicyclic amines) is 1. The van der Waals surface area contributed by atoms with Crippen molar-refractivity contribution in [1.82, 2.24) is 19.0 Å². The standard InChI is InChI=1S/C20H21FN4OS.CH2O2/c21-16-7-5-15(6-8-16)19(25-10-2-1-3-11-25)20(26)22-13-14-4-9-17-18(12-14)24-27-23-17;2-1-3/h4-9,12,19H,1-3,10-11,13H2,(H,22,26);1H,(H,2,3). The van der Waals surface area contributed by atoms with Crippen LogP contribution in [0.25, 0.3) is 11.0 Å². The second-order valence-corrected chi connectivity index (χ2v) is 7.49. The number of fused-ring (bicyclic) bond motifs is 1. The molecule has 4 rings (SSSR count). The zero-order valence-electron chi connectivity index (χ0n) is 16.3. The van der Waals surface area contributed by atoms with Crippen molar-refractivity contribution in [2.45, 2.75) is 31.8 Å². The Bertz CT molecular complexity index is 974. The number of hydrogen-bond acceptors (Lipinski definition) is 6. The quantitative estimate of drug-likeness (QED) is 0.603. The fourth-order valence-electron chi connectivity index (χ4n) is 3.57. The van der Waals surface area contributed by atoms with Crippen molar-refractivity contribution in [2.75, 3.05) is 13.1 Å². The van der Waals surface area contributed by atoms with Crippen molar-refractivity contribution in [3.05, 3.63) is 59.4 Å². The zero-order chi connectivity index (χ0) is 21.3. The minimum atomic E-state index is -0.393. The maximum absolute atomic E-state index is 13.3. The predicted octanol–water partition coefficient (Wildman–Crippen LogP) is 3.37. The molecule has 1 aliphatic rings. The first-order valence-corrected chi connectivity index (χ1v) is 10.4. The average molecular weight is 431 g/mol. The highest BCUT2D eigenvalue weighted by Crippen LogP contribution is 2.25. The molecule has 0 bridgehead atoms. The summed E-state index contributed by atoms with van der Waals surface area (Å²) in [5.41, 5.74) is 3.53. The lowest BCUT2D eigenvalue weighted by Crippen LogP contribution is -2.42. The molecule has 2 aromatic carbocycles. The largest absolute Gasteiger partial charge is 0.483 e. The van der Waals surface area contributed by atoms with Gasteiger partial charge in [-0.2, -0.15) is 8.75 Å². The molecular weight excluding hydrogens is 407 g/mol. The van der Waals surface area contributed by atoms with Gasteiger partial charge in [-0.1, -0.05) is 24.6 Å². The highest BCUT2D eigenvalue weighted by atomic mass is 32.1. The highest BCUT2D eigenvalue weighted by molar-refractivity contribution is 7.00. The van der Waals surface area contributed by atoms with Gasteiger partial charge in [0, 0.05) is 6.54 Å². The van der Waals surface area contributed by atoms with E-state index in [0.717, 1.165) is 48.1 Å². The van der Waals surface area contributed by atoms with Crippen molar-refractivity contribution >= 4 is 35.1 Å². The van der Waals surface area contributed by atoms with Gasteiger partial charge in [-0.05, 0) is 61.3 Å². The van der Waals surface area contributed by atoms with Gasteiger partial charge in [0.25, 0.3) is 6.47 Å². The lowest BCUT2D eigenvalue weighted by Gasteiger charge is -2.34. The van der Waals surface area contributed by atoms with Gasteiger partial charge >= 0.3 is 0 Å². The molecule has 7 nitrogen and oxygen atoms in total. The van der Waals surface area contributed by atoms with Gasteiger partial charge in [-0.3, -0.25) is 14.5 Å². The first-order valence-electron chi connectivity index (χ1n) is 9.68. The van der Waals surface area contributed by atoms with Crippen molar-refractivity contribution in [2.24, 2.45) is 0 Å². The van der Waals surface area contributed by atoms with E-state index in [2.05, 4.69) is 19.0 Å². The topological polar surface area (TPSA) is 95.4 Å². The molecule has 0 radical (unpaired) electrons. The predicted molar refractivity (Wildman–Crippen MR) is 113 cm³/mol. The van der Waals surface area contributed by atoms with Crippen LogP contribution in [0.3, 0.4) is 0 Å². The Morgan fingerprint density at radius 3 is 2.50 bits per heavy atom. The minimum Gasteiger partial charge on any atom is -0.483 e. The van der Waals surface area contributed by atoms with E-state index in [4.69, 9.17) is 9.90 Å². The molecule has 158 valence electrons. The summed E-state index contributed by atoms with van der Waals surface area (Å²) in [5, 5.41) is 9.94. The summed E-state index contributed by atoms with van der Waals surface area (Å²) >= 11 is 1.18. The number of aromatic nitrogens is 2. The molecule has 2 N–H and O–H groups in total. The summed E-state index contributed by atoms with van der Waals surface area (Å²) in [6.07, 6.45) is 3.35. The van der Waals surface area contributed by atoms with Crippen LogP contribution >= 0.6 is 11.7 Å². The Labute approximate surface area is 177 Å². The molecule has 1 amide bonds. The number of hydrogen-bond donors (Lipinski definition) is 2. The number of carbonyl (C=O) groups is 2. The Hall–Kier alpha value is -2.91. The first-order chi connectivity index (χ1) is 14.6. The maximum atomic E-state index is 13.3. The first kappa shape index (κ1) is 21.8. The number of halogens is 1. The number of piperidine rings is 1. The van der Waals surface area contributed by atoms with Crippen LogP contribution in [0.5, 0.6) is 0 Å². The normalized spacial score (nSPS) is 15.1. The van der Waals surface area contributed by atoms with Crippen LogP contribution in [0.1, 0.15) is 36.4 Å². The van der Waals surface area contributed by atoms with Crippen LogP contribution in [-0.2, 0) is 16.1 Å². The Kier molecular flexibility index (Phi) is 7.81. The minimum absolute atomic E-state index is 0.0555. The van der Waals surface area contributed by atoms with E-state index in [1.807, 2.05) is 18.2 Å². The summed E-state index contributed by atoms with van der Waals surface area (Å²) in [6.45, 7) is 1.94. The molecule has 1 unspecified atom stereocenters. The second-order valence-electron chi connectivity index (χ2n) is 6.96. The molecule has 1 atom stereocenters. The van der Waals surface area contributed by atoms with Gasteiger partial charge in [-0.25, -0.2) is 4.39 Å². The summed E-state index contributed by atoms with van der Waals surface area (Å²) in [4.78, 5) is 23.6. The third-order valence-corrected chi connectivity index (χ3v) is 5.53. The molecule has 1 fully saturated rings. The van der Waals surface area contributed by atoms with Gasteiger partial charge in [0.05, 0.1) is 11.7 Å². The fourth-order valence-corrected chi connectivity index (χ4v) is 4.09. The van der Waals surface area contributed by atoms with Gasteiger partial charge in [0.1, 0.15) is 22.9 Å². The van der Waals surface area contributed by atoms with Gasteiger partial charge in [0.2, 0.25) is 5.91 Å². The molecule has 1 saturated heterocycles. The summed E-state index contributed by atoms with van der Waals surface area (Å²) in [7, 11) is 0.